The summed E-state index contributed by atoms with van der Waals surface area (Å²) in [4.78, 5) is 12.1. The Morgan fingerprint density at radius 3 is 2.76 bits per heavy atom. The zero-order valence-corrected chi connectivity index (χ0v) is 13.8. The Morgan fingerprint density at radius 1 is 1.38 bits per heavy atom. The van der Waals surface area contributed by atoms with Crippen molar-refractivity contribution < 1.29 is 4.79 Å². The molecule has 2 atom stereocenters. The van der Waals surface area contributed by atoms with Crippen LogP contribution in [0.3, 0.4) is 0 Å². The number of hydrogen-bond donors (Lipinski definition) is 1. The second kappa shape index (κ2) is 8.14. The Balaban J connectivity index is 1.84. The fraction of sp³-hybridized carbons (Fsp3) is 0.400. The topological polar surface area (TPSA) is 54.9 Å². The van der Waals surface area contributed by atoms with Crippen molar-refractivity contribution in [2.45, 2.75) is 35.8 Å². The summed E-state index contributed by atoms with van der Waals surface area (Å²) in [5.41, 5.74) is 2.94. The zero-order valence-electron chi connectivity index (χ0n) is 12.2. The predicted molar refractivity (Wildman–Crippen MR) is 87.7 cm³/mol. The Hall–Kier alpha value is -1.40. The minimum Gasteiger partial charge on any atom is -0.355 e. The van der Waals surface area contributed by atoms with E-state index in [2.05, 4.69) is 34.6 Å². The molecule has 2 aromatic rings. The number of rotatable bonds is 7. The molecule has 0 saturated heterocycles. The van der Waals surface area contributed by atoms with Crippen molar-refractivity contribution in [1.82, 2.24) is 15.5 Å². The van der Waals surface area contributed by atoms with Crippen LogP contribution in [0, 0.1) is 0 Å². The summed E-state index contributed by atoms with van der Waals surface area (Å²) in [6.07, 6.45) is 1.00. The summed E-state index contributed by atoms with van der Waals surface area (Å²) in [6.45, 7) is 4.70. The zero-order chi connectivity index (χ0) is 15.1. The number of carbonyl (C=O) groups is 1. The highest BCUT2D eigenvalue weighted by atomic mass is 32.2. The molecule has 21 heavy (non-hydrogen) atoms. The number of amides is 1. The maximum atomic E-state index is 12.1. The summed E-state index contributed by atoms with van der Waals surface area (Å²) >= 11 is 2.90. The van der Waals surface area contributed by atoms with Crippen LogP contribution in [0.5, 0.6) is 0 Å². The van der Waals surface area contributed by atoms with E-state index in [0.29, 0.717) is 12.5 Å². The van der Waals surface area contributed by atoms with E-state index in [9.17, 15) is 4.79 Å². The van der Waals surface area contributed by atoms with Gasteiger partial charge in [-0.15, -0.1) is 10.2 Å². The fourth-order valence-corrected chi connectivity index (χ4v) is 3.66. The molecule has 0 bridgehead atoms. The predicted octanol–water partition coefficient (Wildman–Crippen LogP) is 3.33. The summed E-state index contributed by atoms with van der Waals surface area (Å²) in [7, 11) is 0. The summed E-state index contributed by atoms with van der Waals surface area (Å²) in [5.74, 6) is 0.401. The highest BCUT2D eigenvalue weighted by Gasteiger charge is 2.17. The number of aromatic nitrogens is 2. The van der Waals surface area contributed by atoms with Crippen LogP contribution in [0.2, 0.25) is 0 Å². The van der Waals surface area contributed by atoms with Crippen LogP contribution < -0.4 is 5.32 Å². The molecule has 4 nitrogen and oxygen atoms in total. The maximum Gasteiger partial charge on any atom is 0.233 e. The van der Waals surface area contributed by atoms with Crippen molar-refractivity contribution in [3.05, 3.63) is 41.4 Å². The molecule has 0 spiro atoms. The van der Waals surface area contributed by atoms with Gasteiger partial charge in [-0.1, -0.05) is 60.4 Å². The molecule has 0 radical (unpaired) electrons. The maximum absolute atomic E-state index is 12.1. The van der Waals surface area contributed by atoms with Crippen LogP contribution in [0.25, 0.3) is 0 Å². The largest absolute Gasteiger partial charge is 0.355 e. The lowest BCUT2D eigenvalue weighted by Crippen LogP contribution is -2.34. The highest BCUT2D eigenvalue weighted by Crippen LogP contribution is 2.24. The van der Waals surface area contributed by atoms with E-state index >= 15 is 0 Å². The van der Waals surface area contributed by atoms with E-state index < -0.39 is 0 Å². The molecule has 2 rings (SSSR count). The van der Waals surface area contributed by atoms with Gasteiger partial charge in [-0.2, -0.15) is 0 Å². The van der Waals surface area contributed by atoms with Gasteiger partial charge < -0.3 is 5.32 Å². The van der Waals surface area contributed by atoms with Gasteiger partial charge in [0, 0.05) is 12.5 Å². The van der Waals surface area contributed by atoms with Crippen LogP contribution in [0.15, 0.2) is 40.2 Å². The Labute approximate surface area is 133 Å². The molecule has 1 N–H and O–H groups in total. The standard InChI is InChI=1S/C15H19N3OS2/c1-3-12(13-7-5-4-6-8-13)9-16-14(19)11(2)21-15-18-17-10-20-15/h4-8,10-12H,3,9H2,1-2H3,(H,16,19)/t11-,12+/m1/s1. The van der Waals surface area contributed by atoms with Gasteiger partial charge in [-0.3, -0.25) is 4.79 Å². The third-order valence-electron chi connectivity index (χ3n) is 3.27. The van der Waals surface area contributed by atoms with Gasteiger partial charge in [0.05, 0.1) is 5.25 Å². The van der Waals surface area contributed by atoms with E-state index in [4.69, 9.17) is 0 Å². The van der Waals surface area contributed by atoms with Gasteiger partial charge in [0.1, 0.15) is 5.51 Å². The molecule has 1 aromatic carbocycles. The number of nitrogens with zero attached hydrogens (tertiary/aromatic N) is 2. The first-order valence-electron chi connectivity index (χ1n) is 6.96. The van der Waals surface area contributed by atoms with Crippen molar-refractivity contribution in [2.24, 2.45) is 0 Å². The molecule has 0 aliphatic carbocycles. The monoisotopic (exact) mass is 321 g/mol. The second-order valence-electron chi connectivity index (χ2n) is 4.73. The minimum absolute atomic E-state index is 0.0459. The average molecular weight is 321 g/mol. The van der Waals surface area contributed by atoms with Crippen molar-refractivity contribution in [2.75, 3.05) is 6.54 Å². The third kappa shape index (κ3) is 4.82. The molecule has 0 unspecified atom stereocenters. The number of thioether (sulfide) groups is 1. The van der Waals surface area contributed by atoms with Crippen molar-refractivity contribution in [3.63, 3.8) is 0 Å². The van der Waals surface area contributed by atoms with Crippen LogP contribution >= 0.6 is 23.1 Å². The van der Waals surface area contributed by atoms with Gasteiger partial charge in [-0.25, -0.2) is 0 Å². The molecular formula is C15H19N3OS2. The third-order valence-corrected chi connectivity index (χ3v) is 5.18. The molecule has 0 saturated carbocycles. The normalized spacial score (nSPS) is 13.6. The van der Waals surface area contributed by atoms with Gasteiger partial charge in [0.15, 0.2) is 4.34 Å². The van der Waals surface area contributed by atoms with E-state index in [1.165, 1.54) is 28.7 Å². The SMILES string of the molecule is CC[C@@H](CNC(=O)[C@@H](C)Sc1nncs1)c1ccccc1. The quantitative estimate of drug-likeness (QED) is 0.795. The first-order valence-corrected chi connectivity index (χ1v) is 8.72. The molecule has 1 heterocycles. The molecule has 0 fully saturated rings. The Morgan fingerprint density at radius 2 is 2.14 bits per heavy atom. The van der Waals surface area contributed by atoms with Crippen LogP contribution in [0.4, 0.5) is 0 Å². The first-order chi connectivity index (χ1) is 10.2. The molecule has 6 heteroatoms. The fourth-order valence-electron chi connectivity index (χ4n) is 2.01. The average Bonchev–Trinajstić information content (AvgIpc) is 3.01. The van der Waals surface area contributed by atoms with Gasteiger partial charge in [0.25, 0.3) is 0 Å². The molecule has 1 aromatic heterocycles. The van der Waals surface area contributed by atoms with Gasteiger partial charge >= 0.3 is 0 Å². The van der Waals surface area contributed by atoms with Crippen molar-refractivity contribution >= 4 is 29.0 Å². The van der Waals surface area contributed by atoms with Gasteiger partial charge in [0.2, 0.25) is 5.91 Å². The van der Waals surface area contributed by atoms with Crippen LogP contribution in [-0.2, 0) is 4.79 Å². The Bertz CT molecular complexity index is 545. The molecular weight excluding hydrogens is 302 g/mol. The van der Waals surface area contributed by atoms with E-state index in [1.54, 1.807) is 5.51 Å². The lowest BCUT2D eigenvalue weighted by Gasteiger charge is -2.17. The Kier molecular flexibility index (Phi) is 6.20. The lowest BCUT2D eigenvalue weighted by molar-refractivity contribution is -0.120. The second-order valence-corrected chi connectivity index (χ2v) is 7.15. The summed E-state index contributed by atoms with van der Waals surface area (Å²) in [6, 6.07) is 10.3. The number of nitrogens with one attached hydrogen (secondary N) is 1. The summed E-state index contributed by atoms with van der Waals surface area (Å²) in [5, 5.41) is 10.6. The van der Waals surface area contributed by atoms with Crippen LogP contribution in [0.1, 0.15) is 31.7 Å². The van der Waals surface area contributed by atoms with E-state index in [0.717, 1.165) is 10.8 Å². The number of hydrogen-bond acceptors (Lipinski definition) is 5. The highest BCUT2D eigenvalue weighted by molar-refractivity contribution is 8.02. The lowest BCUT2D eigenvalue weighted by atomic mass is 9.96. The number of carbonyl (C=O) groups excluding carboxylic acids is 1. The van der Waals surface area contributed by atoms with Gasteiger partial charge in [-0.05, 0) is 18.9 Å². The number of benzene rings is 1. The molecule has 1 amide bonds. The molecule has 0 aliphatic rings. The smallest absolute Gasteiger partial charge is 0.233 e. The van der Waals surface area contributed by atoms with E-state index in [1.807, 2.05) is 25.1 Å². The first kappa shape index (κ1) is 16.0. The van der Waals surface area contributed by atoms with Crippen molar-refractivity contribution in [1.29, 1.82) is 0 Å². The summed E-state index contributed by atoms with van der Waals surface area (Å²) < 4.78 is 0.827. The minimum atomic E-state index is -0.161. The van der Waals surface area contributed by atoms with Crippen LogP contribution in [-0.4, -0.2) is 27.9 Å². The molecule has 112 valence electrons. The van der Waals surface area contributed by atoms with E-state index in [-0.39, 0.29) is 11.2 Å². The molecule has 0 aliphatic heterocycles. The van der Waals surface area contributed by atoms with Crippen molar-refractivity contribution in [3.8, 4) is 0 Å².